The Balaban J connectivity index is 2.02. The van der Waals surface area contributed by atoms with Crippen LogP contribution in [0.25, 0.3) is 0 Å². The summed E-state index contributed by atoms with van der Waals surface area (Å²) < 4.78 is 12.4. The zero-order valence-corrected chi connectivity index (χ0v) is 13.8. The summed E-state index contributed by atoms with van der Waals surface area (Å²) >= 11 is 0. The maximum absolute atomic E-state index is 6.21. The summed E-state index contributed by atoms with van der Waals surface area (Å²) in [5, 5.41) is 0. The Hall–Kier alpha value is -0.275. The molecule has 1 saturated heterocycles. The largest absolute Gasteiger partial charge is 0.490 e. The molecule has 0 amide bonds. The molecule has 0 radical (unpaired) electrons. The van der Waals surface area contributed by atoms with Crippen LogP contribution in [0.15, 0.2) is 11.5 Å². The molecule has 1 fully saturated rings. The lowest BCUT2D eigenvalue weighted by Gasteiger charge is -2.32. The van der Waals surface area contributed by atoms with Crippen LogP contribution in [-0.4, -0.2) is 18.3 Å². The maximum atomic E-state index is 6.21. The Morgan fingerprint density at radius 2 is 1.30 bits per heavy atom. The SMILES string of the molecule is CC1(C)OB(/C2=C/CCCCCCCCC2)OC1(C)C. The van der Waals surface area contributed by atoms with Crippen molar-refractivity contribution in [1.29, 1.82) is 0 Å². The second kappa shape index (κ2) is 6.66. The first-order valence-corrected chi connectivity index (χ1v) is 8.47. The molecule has 0 atom stereocenters. The standard InChI is InChI=1S/C17H31BO2/c1-16(2)17(3,4)20-18(19-16)15-13-11-9-7-5-6-8-10-12-14-15/h13H,5-12,14H2,1-4H3/b15-13+. The second-order valence-electron chi connectivity index (χ2n) is 7.38. The quantitative estimate of drug-likeness (QED) is 0.623. The van der Waals surface area contributed by atoms with E-state index in [0.29, 0.717) is 0 Å². The fourth-order valence-corrected chi connectivity index (χ4v) is 2.96. The Morgan fingerprint density at radius 3 is 1.90 bits per heavy atom. The molecule has 0 N–H and O–H groups in total. The van der Waals surface area contributed by atoms with Crippen LogP contribution < -0.4 is 0 Å². The number of hydrogen-bond acceptors (Lipinski definition) is 2. The van der Waals surface area contributed by atoms with E-state index in [1.54, 1.807) is 0 Å². The van der Waals surface area contributed by atoms with Gasteiger partial charge >= 0.3 is 7.12 Å². The lowest BCUT2D eigenvalue weighted by Crippen LogP contribution is -2.41. The van der Waals surface area contributed by atoms with Gasteiger partial charge in [0.1, 0.15) is 0 Å². The predicted octanol–water partition coefficient (Wildman–Crippen LogP) is 5.07. The summed E-state index contributed by atoms with van der Waals surface area (Å²) in [6, 6.07) is 0. The average molecular weight is 278 g/mol. The molecule has 2 aliphatic rings. The summed E-state index contributed by atoms with van der Waals surface area (Å²) in [6.45, 7) is 8.55. The molecular formula is C17H31BO2. The Labute approximate surface area is 125 Å². The minimum atomic E-state index is -0.218. The van der Waals surface area contributed by atoms with Crippen LogP contribution in [0.3, 0.4) is 0 Å². The third-order valence-electron chi connectivity index (χ3n) is 5.13. The van der Waals surface area contributed by atoms with Gasteiger partial charge in [0.15, 0.2) is 0 Å². The van der Waals surface area contributed by atoms with Crippen LogP contribution >= 0.6 is 0 Å². The van der Waals surface area contributed by atoms with Crippen molar-refractivity contribution in [2.45, 2.75) is 96.7 Å². The van der Waals surface area contributed by atoms with E-state index < -0.39 is 0 Å². The molecule has 0 bridgehead atoms. The maximum Gasteiger partial charge on any atom is 0.490 e. The molecule has 0 aromatic rings. The van der Waals surface area contributed by atoms with Gasteiger partial charge in [-0.1, -0.05) is 44.6 Å². The molecule has 114 valence electrons. The topological polar surface area (TPSA) is 18.5 Å². The summed E-state index contributed by atoms with van der Waals surface area (Å²) in [7, 11) is -0.124. The third-order valence-corrected chi connectivity index (χ3v) is 5.13. The molecule has 1 aliphatic heterocycles. The Bertz CT molecular complexity index is 331. The van der Waals surface area contributed by atoms with Crippen molar-refractivity contribution in [2.24, 2.45) is 0 Å². The van der Waals surface area contributed by atoms with Crippen LogP contribution in [-0.2, 0) is 9.31 Å². The molecular weight excluding hydrogens is 247 g/mol. The lowest BCUT2D eigenvalue weighted by atomic mass is 9.74. The molecule has 0 unspecified atom stereocenters. The smallest absolute Gasteiger partial charge is 0.400 e. The first kappa shape index (κ1) is 16.1. The molecule has 1 aliphatic carbocycles. The minimum absolute atomic E-state index is 0.124. The van der Waals surface area contributed by atoms with Gasteiger partial charge in [-0.3, -0.25) is 0 Å². The van der Waals surface area contributed by atoms with Crippen molar-refractivity contribution < 1.29 is 9.31 Å². The van der Waals surface area contributed by atoms with Gasteiger partial charge in [0.25, 0.3) is 0 Å². The summed E-state index contributed by atoms with van der Waals surface area (Å²) in [4.78, 5) is 0. The van der Waals surface area contributed by atoms with Crippen LogP contribution in [0.5, 0.6) is 0 Å². The monoisotopic (exact) mass is 278 g/mol. The molecule has 2 rings (SSSR count). The van der Waals surface area contributed by atoms with E-state index in [4.69, 9.17) is 9.31 Å². The second-order valence-corrected chi connectivity index (χ2v) is 7.38. The lowest BCUT2D eigenvalue weighted by molar-refractivity contribution is 0.00578. The van der Waals surface area contributed by atoms with Gasteiger partial charge < -0.3 is 9.31 Å². The Kier molecular flexibility index (Phi) is 5.36. The molecule has 0 aromatic carbocycles. The fraction of sp³-hybridized carbons (Fsp3) is 0.882. The highest BCUT2D eigenvalue weighted by molar-refractivity contribution is 6.54. The van der Waals surface area contributed by atoms with Gasteiger partial charge in [0.2, 0.25) is 0 Å². The van der Waals surface area contributed by atoms with Crippen molar-refractivity contribution in [3.05, 3.63) is 11.5 Å². The van der Waals surface area contributed by atoms with Crippen LogP contribution in [0.4, 0.5) is 0 Å². The van der Waals surface area contributed by atoms with Crippen LogP contribution in [0.1, 0.15) is 85.5 Å². The van der Waals surface area contributed by atoms with Crippen molar-refractivity contribution in [3.63, 3.8) is 0 Å². The molecule has 2 nitrogen and oxygen atoms in total. The van der Waals surface area contributed by atoms with Gasteiger partial charge in [-0.25, -0.2) is 0 Å². The first-order chi connectivity index (χ1) is 9.42. The molecule has 3 heteroatoms. The molecule has 1 heterocycles. The van der Waals surface area contributed by atoms with Gasteiger partial charge in [-0.15, -0.1) is 0 Å². The van der Waals surface area contributed by atoms with E-state index in [9.17, 15) is 0 Å². The highest BCUT2D eigenvalue weighted by Gasteiger charge is 2.52. The summed E-state index contributed by atoms with van der Waals surface area (Å²) in [5.41, 5.74) is 0.945. The van der Waals surface area contributed by atoms with E-state index >= 15 is 0 Å². The van der Waals surface area contributed by atoms with E-state index in [2.05, 4.69) is 33.8 Å². The fourth-order valence-electron chi connectivity index (χ4n) is 2.96. The van der Waals surface area contributed by atoms with Crippen LogP contribution in [0.2, 0.25) is 0 Å². The zero-order chi connectivity index (χ0) is 14.6. The van der Waals surface area contributed by atoms with Gasteiger partial charge in [-0.2, -0.15) is 0 Å². The number of allylic oxidation sites excluding steroid dienone is 2. The van der Waals surface area contributed by atoms with Gasteiger partial charge in [0.05, 0.1) is 11.2 Å². The molecule has 20 heavy (non-hydrogen) atoms. The first-order valence-electron chi connectivity index (χ1n) is 8.47. The van der Waals surface area contributed by atoms with Crippen molar-refractivity contribution in [3.8, 4) is 0 Å². The molecule has 0 spiro atoms. The van der Waals surface area contributed by atoms with Crippen molar-refractivity contribution in [2.75, 3.05) is 0 Å². The Morgan fingerprint density at radius 1 is 0.800 bits per heavy atom. The van der Waals surface area contributed by atoms with E-state index in [1.807, 2.05) is 0 Å². The summed E-state index contributed by atoms with van der Waals surface area (Å²) in [5.74, 6) is 0. The molecule has 0 aromatic heterocycles. The molecule has 0 saturated carbocycles. The predicted molar refractivity (Wildman–Crippen MR) is 85.7 cm³/mol. The van der Waals surface area contributed by atoms with E-state index in [-0.39, 0.29) is 18.3 Å². The average Bonchev–Trinajstić information content (AvgIpc) is 2.57. The minimum Gasteiger partial charge on any atom is -0.400 e. The van der Waals surface area contributed by atoms with E-state index in [1.165, 1.54) is 56.8 Å². The van der Waals surface area contributed by atoms with E-state index in [0.717, 1.165) is 6.42 Å². The third kappa shape index (κ3) is 3.88. The van der Waals surface area contributed by atoms with Crippen molar-refractivity contribution in [1.82, 2.24) is 0 Å². The number of rotatable bonds is 1. The summed E-state index contributed by atoms with van der Waals surface area (Å²) in [6.07, 6.45) is 14.2. The van der Waals surface area contributed by atoms with Crippen molar-refractivity contribution >= 4 is 7.12 Å². The highest BCUT2D eigenvalue weighted by Crippen LogP contribution is 2.39. The normalized spacial score (nSPS) is 30.4. The zero-order valence-electron chi connectivity index (χ0n) is 13.8. The van der Waals surface area contributed by atoms with Crippen LogP contribution in [0, 0.1) is 0 Å². The van der Waals surface area contributed by atoms with Gasteiger partial charge in [-0.05, 0) is 52.4 Å². The number of hydrogen-bond donors (Lipinski definition) is 0. The highest BCUT2D eigenvalue weighted by atomic mass is 16.7. The van der Waals surface area contributed by atoms with Gasteiger partial charge in [0, 0.05) is 0 Å².